The van der Waals surface area contributed by atoms with E-state index in [-0.39, 0.29) is 23.6 Å². The van der Waals surface area contributed by atoms with Crippen LogP contribution in [0.5, 0.6) is 0 Å². The molecule has 3 aromatic rings. The van der Waals surface area contributed by atoms with E-state index in [0.29, 0.717) is 44.3 Å². The van der Waals surface area contributed by atoms with Crippen LogP contribution in [0.1, 0.15) is 36.0 Å². The number of pyridine rings is 1. The molecule has 1 aromatic heterocycles. The van der Waals surface area contributed by atoms with Crippen LogP contribution < -0.4 is 5.32 Å². The highest BCUT2D eigenvalue weighted by Crippen LogP contribution is 2.27. The van der Waals surface area contributed by atoms with Gasteiger partial charge in [0, 0.05) is 81.0 Å². The van der Waals surface area contributed by atoms with Crippen LogP contribution in [0.2, 0.25) is 0 Å². The molecule has 0 spiro atoms. The number of piperidine rings is 2. The summed E-state index contributed by atoms with van der Waals surface area (Å²) in [6, 6.07) is 24.3. The molecule has 0 aliphatic carbocycles. The van der Waals surface area contributed by atoms with Gasteiger partial charge in [-0.15, -0.1) is 0 Å². The molecule has 9 heteroatoms. The maximum absolute atomic E-state index is 13.8. The molecule has 6 rings (SSSR count). The molecule has 0 radical (unpaired) electrons. The van der Waals surface area contributed by atoms with Gasteiger partial charge in [0.15, 0.2) is 0 Å². The number of aromatic nitrogens is 1. The Morgan fingerprint density at radius 1 is 0.689 bits per heavy atom. The van der Waals surface area contributed by atoms with Crippen LogP contribution in [0, 0.1) is 5.92 Å². The minimum Gasteiger partial charge on any atom is -0.342 e. The molecule has 45 heavy (non-hydrogen) atoms. The van der Waals surface area contributed by atoms with Gasteiger partial charge < -0.3 is 20.0 Å². The van der Waals surface area contributed by atoms with Gasteiger partial charge in [-0.2, -0.15) is 0 Å². The average molecular weight is 609 g/mol. The molecule has 0 atom stereocenters. The maximum Gasteiger partial charge on any atom is 0.254 e. The highest BCUT2D eigenvalue weighted by molar-refractivity contribution is 5.96. The van der Waals surface area contributed by atoms with Gasteiger partial charge in [-0.1, -0.05) is 60.7 Å². The minimum absolute atomic E-state index is 0.0211. The molecule has 3 saturated heterocycles. The Morgan fingerprint density at radius 3 is 1.76 bits per heavy atom. The van der Waals surface area contributed by atoms with E-state index in [1.165, 1.54) is 0 Å². The summed E-state index contributed by atoms with van der Waals surface area (Å²) in [5, 5.41) is 2.92. The first-order valence-corrected chi connectivity index (χ1v) is 16.4. The topological polar surface area (TPSA) is 89.1 Å². The Hall–Kier alpha value is -4.08. The van der Waals surface area contributed by atoms with Crippen LogP contribution in [0.3, 0.4) is 0 Å². The van der Waals surface area contributed by atoms with Crippen molar-refractivity contribution in [1.82, 2.24) is 29.9 Å². The molecule has 236 valence electrons. The molecular weight excluding hydrogens is 564 g/mol. The van der Waals surface area contributed by atoms with Crippen molar-refractivity contribution < 1.29 is 14.4 Å². The lowest BCUT2D eigenvalue weighted by atomic mass is 9.93. The summed E-state index contributed by atoms with van der Waals surface area (Å²) in [7, 11) is 1.78. The zero-order valence-corrected chi connectivity index (χ0v) is 26.2. The molecule has 0 saturated carbocycles. The number of nitrogens with one attached hydrogen (secondary N) is 1. The number of amides is 3. The van der Waals surface area contributed by atoms with Gasteiger partial charge in [0.05, 0.1) is 17.9 Å². The molecule has 0 bridgehead atoms. The first-order chi connectivity index (χ1) is 22.0. The molecule has 9 nitrogen and oxygen atoms in total. The Balaban J connectivity index is 1.03. The molecule has 2 aromatic carbocycles. The third kappa shape index (κ3) is 7.26. The number of carbonyl (C=O) groups is 3. The van der Waals surface area contributed by atoms with Crippen molar-refractivity contribution in [3.05, 3.63) is 78.4 Å². The Bertz CT molecular complexity index is 1400. The Morgan fingerprint density at radius 2 is 1.22 bits per heavy atom. The minimum atomic E-state index is 0.0211. The fourth-order valence-electron chi connectivity index (χ4n) is 6.99. The number of hydrogen-bond acceptors (Lipinski definition) is 6. The fraction of sp³-hybridized carbons (Fsp3) is 0.444. The summed E-state index contributed by atoms with van der Waals surface area (Å²) < 4.78 is 0. The Labute approximate surface area is 266 Å². The summed E-state index contributed by atoms with van der Waals surface area (Å²) in [4.78, 5) is 52.6. The summed E-state index contributed by atoms with van der Waals surface area (Å²) in [6.07, 6.45) is 3.43. The number of piperazine rings is 1. The largest absolute Gasteiger partial charge is 0.342 e. The second kappa shape index (κ2) is 14.3. The van der Waals surface area contributed by atoms with Gasteiger partial charge in [0.1, 0.15) is 0 Å². The van der Waals surface area contributed by atoms with Gasteiger partial charge >= 0.3 is 0 Å². The third-order valence-corrected chi connectivity index (χ3v) is 9.63. The zero-order valence-electron chi connectivity index (χ0n) is 26.2. The molecule has 3 aliphatic heterocycles. The van der Waals surface area contributed by atoms with Crippen molar-refractivity contribution in [1.29, 1.82) is 0 Å². The second-order valence-corrected chi connectivity index (χ2v) is 12.4. The lowest BCUT2D eigenvalue weighted by Gasteiger charge is -2.43. The van der Waals surface area contributed by atoms with Crippen LogP contribution in [0.15, 0.2) is 72.8 Å². The van der Waals surface area contributed by atoms with Crippen LogP contribution >= 0.6 is 0 Å². The molecular formula is C36H44N6O3. The number of likely N-dealkylation sites (N-methyl/N-ethyl adjacent to an activating group) is 1. The molecule has 3 aliphatic rings. The Kier molecular flexibility index (Phi) is 9.86. The molecule has 4 heterocycles. The quantitative estimate of drug-likeness (QED) is 0.441. The number of benzene rings is 2. The number of nitrogens with zero attached hydrogens (tertiary/aromatic N) is 5. The van der Waals surface area contributed by atoms with Crippen LogP contribution in [-0.2, 0) is 9.59 Å². The first-order valence-electron chi connectivity index (χ1n) is 16.4. The van der Waals surface area contributed by atoms with Crippen LogP contribution in [-0.4, -0.2) is 114 Å². The third-order valence-electron chi connectivity index (χ3n) is 9.63. The average Bonchev–Trinajstić information content (AvgIpc) is 3.12. The maximum atomic E-state index is 13.8. The van der Waals surface area contributed by atoms with Crippen molar-refractivity contribution in [2.45, 2.75) is 31.7 Å². The first kappa shape index (κ1) is 30.9. The SMILES string of the molecule is CNCC(=O)N1CCC(C(=O)N2CCC(N3CCN(C(=O)c4cc(-c5ccccc5)nc(-c5ccccc5)c4)CC3)CC2)CC1. The van der Waals surface area contributed by atoms with E-state index in [1.807, 2.05) is 87.5 Å². The van der Waals surface area contributed by atoms with Crippen molar-refractivity contribution in [2.24, 2.45) is 5.92 Å². The van der Waals surface area contributed by atoms with E-state index in [1.54, 1.807) is 7.05 Å². The smallest absolute Gasteiger partial charge is 0.254 e. The van der Waals surface area contributed by atoms with Gasteiger partial charge in [0.2, 0.25) is 11.8 Å². The van der Waals surface area contributed by atoms with E-state index in [9.17, 15) is 14.4 Å². The molecule has 3 amide bonds. The monoisotopic (exact) mass is 608 g/mol. The molecule has 0 unspecified atom stereocenters. The van der Waals surface area contributed by atoms with Crippen molar-refractivity contribution in [3.8, 4) is 22.5 Å². The van der Waals surface area contributed by atoms with Crippen LogP contribution in [0.4, 0.5) is 0 Å². The molecule has 3 fully saturated rings. The van der Waals surface area contributed by atoms with Gasteiger partial charge in [-0.05, 0) is 44.9 Å². The van der Waals surface area contributed by atoms with E-state index >= 15 is 0 Å². The summed E-state index contributed by atoms with van der Waals surface area (Å²) in [6.45, 7) is 6.29. The normalized spacial score (nSPS) is 18.6. The highest BCUT2D eigenvalue weighted by atomic mass is 16.2. The second-order valence-electron chi connectivity index (χ2n) is 12.4. The predicted octanol–water partition coefficient (Wildman–Crippen LogP) is 3.62. The van der Waals surface area contributed by atoms with Gasteiger partial charge in [-0.25, -0.2) is 4.98 Å². The molecule has 1 N–H and O–H groups in total. The van der Waals surface area contributed by atoms with E-state index in [4.69, 9.17) is 4.98 Å². The van der Waals surface area contributed by atoms with Crippen molar-refractivity contribution >= 4 is 17.7 Å². The van der Waals surface area contributed by atoms with Gasteiger partial charge in [0.25, 0.3) is 5.91 Å². The summed E-state index contributed by atoms with van der Waals surface area (Å²) in [5.41, 5.74) is 4.24. The van der Waals surface area contributed by atoms with E-state index in [0.717, 1.165) is 74.4 Å². The van der Waals surface area contributed by atoms with E-state index in [2.05, 4.69) is 10.2 Å². The zero-order chi connectivity index (χ0) is 31.2. The fourth-order valence-corrected chi connectivity index (χ4v) is 6.99. The van der Waals surface area contributed by atoms with Gasteiger partial charge in [-0.3, -0.25) is 19.3 Å². The summed E-state index contributed by atoms with van der Waals surface area (Å²) >= 11 is 0. The number of hydrogen-bond donors (Lipinski definition) is 1. The highest BCUT2D eigenvalue weighted by Gasteiger charge is 2.34. The van der Waals surface area contributed by atoms with Crippen LogP contribution in [0.25, 0.3) is 22.5 Å². The predicted molar refractivity (Wildman–Crippen MR) is 175 cm³/mol. The van der Waals surface area contributed by atoms with Crippen molar-refractivity contribution in [2.75, 3.05) is 66.0 Å². The number of carbonyl (C=O) groups excluding carboxylic acids is 3. The van der Waals surface area contributed by atoms with E-state index < -0.39 is 0 Å². The lowest BCUT2D eigenvalue weighted by molar-refractivity contribution is -0.141. The standard InChI is InChI=1S/C36H44N6O3/c1-37-26-34(43)40-16-12-29(13-17-40)35(44)41-18-14-31(15-19-41)39-20-22-42(23-21-39)36(45)30-24-32(27-8-4-2-5-9-27)38-33(25-30)28-10-6-3-7-11-28/h2-11,24-25,29,31,37H,12-23,26H2,1H3. The van der Waals surface area contributed by atoms with Crippen molar-refractivity contribution in [3.63, 3.8) is 0 Å². The number of rotatable bonds is 7. The summed E-state index contributed by atoms with van der Waals surface area (Å²) in [5.74, 6) is 0.436. The number of likely N-dealkylation sites (tertiary alicyclic amines) is 2. The lowest BCUT2D eigenvalue weighted by Crippen LogP contribution is -2.55.